The van der Waals surface area contributed by atoms with E-state index >= 15 is 0 Å². The Labute approximate surface area is 160 Å². The zero-order valence-electron chi connectivity index (χ0n) is 14.9. The second kappa shape index (κ2) is 8.41. The minimum absolute atomic E-state index is 0.214. The summed E-state index contributed by atoms with van der Waals surface area (Å²) in [5.74, 6) is 0.220. The van der Waals surface area contributed by atoms with Crippen LogP contribution in [0.15, 0.2) is 52.9 Å². The number of benzene rings is 2. The molecular weight excluding hydrogens is 372 g/mol. The maximum atomic E-state index is 13.3. The topological polar surface area (TPSA) is 43.4 Å². The van der Waals surface area contributed by atoms with E-state index in [4.69, 9.17) is 21.4 Å². The Kier molecular flexibility index (Phi) is 5.98. The molecule has 8 heteroatoms. The molecule has 0 spiro atoms. The van der Waals surface area contributed by atoms with E-state index in [-0.39, 0.29) is 16.5 Å². The normalized spacial score (nSPS) is 12.3. The summed E-state index contributed by atoms with van der Waals surface area (Å²) in [5, 5.41) is 4.35. The predicted octanol–water partition coefficient (Wildman–Crippen LogP) is 4.71. The summed E-state index contributed by atoms with van der Waals surface area (Å²) in [6.07, 6.45) is -0.494. The molecule has 5 nitrogen and oxygen atoms in total. The molecule has 2 aromatic carbocycles. The number of hydrogen-bond acceptors (Lipinski definition) is 5. The van der Waals surface area contributed by atoms with Crippen LogP contribution in [0.2, 0.25) is 0 Å². The third-order valence-electron chi connectivity index (χ3n) is 3.81. The molecule has 0 amide bonds. The maximum Gasteiger partial charge on any atom is 0.288 e. The fourth-order valence-corrected chi connectivity index (χ4v) is 2.75. The van der Waals surface area contributed by atoms with Crippen LogP contribution in [0.5, 0.6) is 5.75 Å². The quantitative estimate of drug-likeness (QED) is 0.546. The van der Waals surface area contributed by atoms with Gasteiger partial charge in [-0.2, -0.15) is 0 Å². The molecule has 0 aliphatic carbocycles. The van der Waals surface area contributed by atoms with Gasteiger partial charge >= 0.3 is 0 Å². The second-order valence-corrected chi connectivity index (χ2v) is 6.55. The molecule has 0 saturated carbocycles. The highest BCUT2D eigenvalue weighted by atomic mass is 32.1. The van der Waals surface area contributed by atoms with Crippen LogP contribution in [-0.2, 0) is 13.2 Å². The molecule has 0 radical (unpaired) electrons. The fourth-order valence-electron chi connectivity index (χ4n) is 2.57. The number of ether oxygens (including phenoxy) is 1. The van der Waals surface area contributed by atoms with Gasteiger partial charge in [0.15, 0.2) is 6.10 Å². The smallest absolute Gasteiger partial charge is 0.288 e. The number of aromatic nitrogens is 2. The first kappa shape index (κ1) is 19.2. The van der Waals surface area contributed by atoms with Crippen LogP contribution >= 0.6 is 12.2 Å². The van der Waals surface area contributed by atoms with E-state index in [1.54, 1.807) is 13.0 Å². The Morgan fingerprint density at radius 3 is 2.63 bits per heavy atom. The summed E-state index contributed by atoms with van der Waals surface area (Å²) in [6, 6.07) is 12.1. The molecule has 0 bridgehead atoms. The van der Waals surface area contributed by atoms with E-state index in [9.17, 15) is 8.78 Å². The van der Waals surface area contributed by atoms with E-state index in [2.05, 4.69) is 5.10 Å². The first-order chi connectivity index (χ1) is 12.9. The van der Waals surface area contributed by atoms with Gasteiger partial charge in [-0.15, -0.1) is 5.10 Å². The first-order valence-electron chi connectivity index (χ1n) is 8.34. The second-order valence-electron chi connectivity index (χ2n) is 6.21. The molecule has 0 unspecified atom stereocenters. The van der Waals surface area contributed by atoms with Gasteiger partial charge in [0.1, 0.15) is 17.4 Å². The summed E-state index contributed by atoms with van der Waals surface area (Å²) in [6.45, 7) is 2.68. The van der Waals surface area contributed by atoms with Crippen LogP contribution in [0.1, 0.15) is 24.5 Å². The SMILES string of the molecule is C[C@@H](Oc1ccc(F)cc1)c1nn(CN(C)Cc2cccc(F)c2)c(=S)o1. The molecule has 1 atom stereocenters. The van der Waals surface area contributed by atoms with Crippen LogP contribution in [0.25, 0.3) is 0 Å². The van der Waals surface area contributed by atoms with Gasteiger partial charge < -0.3 is 9.15 Å². The molecule has 0 fully saturated rings. The van der Waals surface area contributed by atoms with Crippen molar-refractivity contribution in [3.63, 3.8) is 0 Å². The number of nitrogens with zero attached hydrogens (tertiary/aromatic N) is 3. The van der Waals surface area contributed by atoms with Crippen LogP contribution in [0.3, 0.4) is 0 Å². The van der Waals surface area contributed by atoms with Gasteiger partial charge in [-0.25, -0.2) is 13.5 Å². The number of hydrogen-bond donors (Lipinski definition) is 0. The summed E-state index contributed by atoms with van der Waals surface area (Å²) in [4.78, 5) is 2.15. The Bertz CT molecular complexity index is 956. The molecule has 3 aromatic rings. The molecule has 0 saturated heterocycles. The van der Waals surface area contributed by atoms with Crippen molar-refractivity contribution in [2.75, 3.05) is 7.05 Å². The molecule has 1 heterocycles. The lowest BCUT2D eigenvalue weighted by Crippen LogP contribution is -2.22. The minimum Gasteiger partial charge on any atom is -0.481 e. The highest BCUT2D eigenvalue weighted by Crippen LogP contribution is 2.21. The summed E-state index contributed by atoms with van der Waals surface area (Å²) in [7, 11) is 1.87. The molecule has 142 valence electrons. The van der Waals surface area contributed by atoms with Crippen LogP contribution in [0, 0.1) is 16.5 Å². The van der Waals surface area contributed by atoms with Gasteiger partial charge in [0.25, 0.3) is 10.7 Å². The van der Waals surface area contributed by atoms with E-state index in [1.807, 2.05) is 18.0 Å². The van der Waals surface area contributed by atoms with Gasteiger partial charge in [-0.3, -0.25) is 4.90 Å². The summed E-state index contributed by atoms with van der Waals surface area (Å²) in [5.41, 5.74) is 0.848. The largest absolute Gasteiger partial charge is 0.481 e. The van der Waals surface area contributed by atoms with Crippen molar-refractivity contribution in [1.82, 2.24) is 14.7 Å². The van der Waals surface area contributed by atoms with Gasteiger partial charge in [-0.1, -0.05) is 12.1 Å². The molecule has 0 N–H and O–H groups in total. The average molecular weight is 391 g/mol. The van der Waals surface area contributed by atoms with Crippen molar-refractivity contribution in [3.8, 4) is 5.75 Å². The van der Waals surface area contributed by atoms with E-state index in [1.165, 1.54) is 41.1 Å². The standard InChI is InChI=1S/C19H19F2N3O2S/c1-13(25-17-8-6-15(20)7-9-17)18-22-24(19(27)26-18)12-23(2)11-14-4-3-5-16(21)10-14/h3-10,13H,11-12H2,1-2H3/t13-/m1/s1. The molecular formula is C19H19F2N3O2S. The van der Waals surface area contributed by atoms with Crippen molar-refractivity contribution in [1.29, 1.82) is 0 Å². The first-order valence-corrected chi connectivity index (χ1v) is 8.74. The predicted molar refractivity (Wildman–Crippen MR) is 98.6 cm³/mol. The summed E-state index contributed by atoms with van der Waals surface area (Å²) < 4.78 is 39.0. The lowest BCUT2D eigenvalue weighted by molar-refractivity contribution is 0.187. The van der Waals surface area contributed by atoms with Gasteiger partial charge in [-0.05, 0) is 68.2 Å². The molecule has 1 aromatic heterocycles. The highest BCUT2D eigenvalue weighted by Gasteiger charge is 2.16. The number of rotatable bonds is 7. The zero-order valence-corrected chi connectivity index (χ0v) is 15.7. The Hall–Kier alpha value is -2.58. The van der Waals surface area contributed by atoms with Crippen LogP contribution in [0.4, 0.5) is 8.78 Å². The van der Waals surface area contributed by atoms with Crippen molar-refractivity contribution in [2.24, 2.45) is 0 Å². The Balaban J connectivity index is 1.64. The van der Waals surface area contributed by atoms with Gasteiger partial charge in [0.05, 0.1) is 6.67 Å². The van der Waals surface area contributed by atoms with Crippen molar-refractivity contribution < 1.29 is 17.9 Å². The third kappa shape index (κ3) is 5.21. The Morgan fingerprint density at radius 2 is 1.93 bits per heavy atom. The van der Waals surface area contributed by atoms with Crippen molar-refractivity contribution in [2.45, 2.75) is 26.2 Å². The minimum atomic E-state index is -0.494. The lowest BCUT2D eigenvalue weighted by Gasteiger charge is -2.16. The monoisotopic (exact) mass is 391 g/mol. The van der Waals surface area contributed by atoms with Crippen LogP contribution < -0.4 is 4.74 Å². The Morgan fingerprint density at radius 1 is 1.19 bits per heavy atom. The molecule has 0 aliphatic heterocycles. The third-order valence-corrected chi connectivity index (χ3v) is 4.11. The van der Waals surface area contributed by atoms with Crippen molar-refractivity contribution >= 4 is 12.2 Å². The van der Waals surface area contributed by atoms with E-state index in [0.717, 1.165) is 5.56 Å². The van der Waals surface area contributed by atoms with Crippen molar-refractivity contribution in [3.05, 3.63) is 76.5 Å². The van der Waals surface area contributed by atoms with E-state index in [0.29, 0.717) is 24.9 Å². The fraction of sp³-hybridized carbons (Fsp3) is 0.263. The number of halogens is 2. The van der Waals surface area contributed by atoms with Gasteiger partial charge in [0.2, 0.25) is 0 Å². The zero-order chi connectivity index (χ0) is 19.4. The average Bonchev–Trinajstić information content (AvgIpc) is 2.97. The summed E-state index contributed by atoms with van der Waals surface area (Å²) >= 11 is 5.22. The molecule has 27 heavy (non-hydrogen) atoms. The maximum absolute atomic E-state index is 13.3. The lowest BCUT2D eigenvalue weighted by atomic mass is 10.2. The molecule has 0 aliphatic rings. The highest BCUT2D eigenvalue weighted by molar-refractivity contribution is 7.71. The van der Waals surface area contributed by atoms with E-state index < -0.39 is 6.10 Å². The molecule has 3 rings (SSSR count). The van der Waals surface area contributed by atoms with Crippen LogP contribution in [-0.4, -0.2) is 21.7 Å². The van der Waals surface area contributed by atoms with Gasteiger partial charge in [0, 0.05) is 6.54 Å².